The summed E-state index contributed by atoms with van der Waals surface area (Å²) in [6, 6.07) is 7.95. The van der Waals surface area contributed by atoms with Crippen LogP contribution < -0.4 is 10.6 Å². The van der Waals surface area contributed by atoms with E-state index in [-0.39, 0.29) is 24.9 Å². The van der Waals surface area contributed by atoms with Crippen LogP contribution in [0.15, 0.2) is 24.3 Å². The van der Waals surface area contributed by atoms with Crippen LogP contribution >= 0.6 is 0 Å². The lowest BCUT2D eigenvalue weighted by Crippen LogP contribution is -2.46. The third kappa shape index (κ3) is 2.83. The number of ether oxygens (including phenoxy) is 2. The first-order chi connectivity index (χ1) is 10.2. The van der Waals surface area contributed by atoms with Gasteiger partial charge in [-0.25, -0.2) is 4.79 Å². The van der Waals surface area contributed by atoms with Crippen LogP contribution in [0, 0.1) is 11.3 Å². The number of nitrogens with zero attached hydrogens (tertiary/aromatic N) is 1. The minimum absolute atomic E-state index is 0.222. The molecule has 2 heterocycles. The van der Waals surface area contributed by atoms with Crippen molar-refractivity contribution in [2.45, 2.75) is 24.4 Å². The maximum atomic E-state index is 12.0. The smallest absolute Gasteiger partial charge is 0.319 e. The zero-order valence-corrected chi connectivity index (χ0v) is 11.2. The molecule has 7 nitrogen and oxygen atoms in total. The Kier molecular flexibility index (Phi) is 3.75. The molecule has 0 unspecified atom stereocenters. The molecule has 2 fully saturated rings. The number of carbonyl (C=O) groups is 1. The van der Waals surface area contributed by atoms with E-state index in [9.17, 15) is 9.90 Å². The highest BCUT2D eigenvalue weighted by molar-refractivity contribution is 5.89. The van der Waals surface area contributed by atoms with Crippen LogP contribution in [-0.2, 0) is 9.47 Å². The summed E-state index contributed by atoms with van der Waals surface area (Å²) in [7, 11) is 0. The molecule has 2 aliphatic rings. The molecule has 2 amide bonds. The highest BCUT2D eigenvalue weighted by atomic mass is 16.6. The molecule has 2 saturated heterocycles. The number of hydrogen-bond donors (Lipinski definition) is 3. The lowest BCUT2D eigenvalue weighted by atomic mass is 10.1. The van der Waals surface area contributed by atoms with Crippen molar-refractivity contribution in [1.29, 1.82) is 5.26 Å². The number of nitriles is 1. The Bertz CT molecular complexity index is 586. The highest BCUT2D eigenvalue weighted by Crippen LogP contribution is 2.26. The number of nitrogens with one attached hydrogen (secondary N) is 2. The zero-order valence-electron chi connectivity index (χ0n) is 11.2. The van der Waals surface area contributed by atoms with E-state index in [4.69, 9.17) is 14.7 Å². The van der Waals surface area contributed by atoms with Gasteiger partial charge in [0.25, 0.3) is 0 Å². The number of anilines is 1. The molecule has 0 spiro atoms. The third-order valence-electron chi connectivity index (χ3n) is 3.59. The van der Waals surface area contributed by atoms with Crippen molar-refractivity contribution < 1.29 is 19.4 Å². The van der Waals surface area contributed by atoms with Gasteiger partial charge in [-0.2, -0.15) is 5.26 Å². The van der Waals surface area contributed by atoms with E-state index in [1.165, 1.54) is 0 Å². The highest BCUT2D eigenvalue weighted by Gasteiger charge is 2.47. The van der Waals surface area contributed by atoms with Gasteiger partial charge in [0, 0.05) is 5.69 Å². The molecule has 0 aromatic heterocycles. The van der Waals surface area contributed by atoms with Gasteiger partial charge in [0.2, 0.25) is 0 Å². The standard InChI is InChI=1S/C14H15N3O4/c15-5-8-2-1-3-9(4-8)16-14(19)17-10-6-20-13-11(18)7-21-12(10)13/h1-4,10-13,18H,6-7H2,(H2,16,17,19)/t10-,11-,12-,13+/m1/s1. The number of amides is 2. The second-order valence-electron chi connectivity index (χ2n) is 5.06. The van der Waals surface area contributed by atoms with E-state index >= 15 is 0 Å². The van der Waals surface area contributed by atoms with Crippen LogP contribution in [0.3, 0.4) is 0 Å². The lowest BCUT2D eigenvalue weighted by molar-refractivity contribution is 0.0180. The van der Waals surface area contributed by atoms with E-state index in [1.54, 1.807) is 24.3 Å². The topological polar surface area (TPSA) is 104 Å². The van der Waals surface area contributed by atoms with Gasteiger partial charge in [-0.15, -0.1) is 0 Å². The number of urea groups is 1. The van der Waals surface area contributed by atoms with Crippen molar-refractivity contribution in [1.82, 2.24) is 5.32 Å². The quantitative estimate of drug-likeness (QED) is 0.722. The molecule has 3 rings (SSSR count). The predicted octanol–water partition coefficient (Wildman–Crippen LogP) is 0.207. The SMILES string of the molecule is N#Cc1cccc(NC(=O)N[C@@H]2CO[C@@H]3[C@@H]2OC[C@H]3O)c1. The van der Waals surface area contributed by atoms with Crippen LogP contribution in [0.2, 0.25) is 0 Å². The van der Waals surface area contributed by atoms with Gasteiger partial charge >= 0.3 is 6.03 Å². The van der Waals surface area contributed by atoms with E-state index in [2.05, 4.69) is 10.6 Å². The normalized spacial score (nSPS) is 30.5. The second-order valence-corrected chi connectivity index (χ2v) is 5.06. The molecule has 21 heavy (non-hydrogen) atoms. The third-order valence-corrected chi connectivity index (χ3v) is 3.59. The Morgan fingerprint density at radius 1 is 1.33 bits per heavy atom. The maximum absolute atomic E-state index is 12.0. The number of hydrogen-bond acceptors (Lipinski definition) is 5. The number of fused-ring (bicyclic) bond motifs is 1. The summed E-state index contributed by atoms with van der Waals surface area (Å²) < 4.78 is 10.9. The Labute approximate surface area is 121 Å². The Morgan fingerprint density at radius 3 is 2.95 bits per heavy atom. The summed E-state index contributed by atoms with van der Waals surface area (Å²) in [5, 5.41) is 23.9. The van der Waals surface area contributed by atoms with Crippen LogP contribution in [0.5, 0.6) is 0 Å². The van der Waals surface area contributed by atoms with Crippen LogP contribution in [0.1, 0.15) is 5.56 Å². The van der Waals surface area contributed by atoms with E-state index in [1.807, 2.05) is 6.07 Å². The number of aliphatic hydroxyl groups excluding tert-OH is 1. The first-order valence-electron chi connectivity index (χ1n) is 6.66. The first kappa shape index (κ1) is 13.8. The van der Waals surface area contributed by atoms with Gasteiger partial charge in [0.15, 0.2) is 0 Å². The maximum Gasteiger partial charge on any atom is 0.319 e. The molecule has 0 aliphatic carbocycles. The molecule has 1 aromatic rings. The minimum atomic E-state index is -0.642. The molecule has 2 aliphatic heterocycles. The molecule has 110 valence electrons. The molecular weight excluding hydrogens is 274 g/mol. The number of carbonyl (C=O) groups excluding carboxylic acids is 1. The molecule has 7 heteroatoms. The van der Waals surface area contributed by atoms with Crippen molar-refractivity contribution >= 4 is 11.7 Å². The van der Waals surface area contributed by atoms with Crippen LogP contribution in [0.4, 0.5) is 10.5 Å². The number of aliphatic hydroxyl groups is 1. The monoisotopic (exact) mass is 289 g/mol. The molecule has 1 aromatic carbocycles. The van der Waals surface area contributed by atoms with Crippen molar-refractivity contribution in [3.8, 4) is 6.07 Å². The van der Waals surface area contributed by atoms with Gasteiger partial charge in [0.1, 0.15) is 18.3 Å². The summed E-state index contributed by atoms with van der Waals surface area (Å²) in [4.78, 5) is 12.0. The van der Waals surface area contributed by atoms with Crippen molar-refractivity contribution in [3.63, 3.8) is 0 Å². The predicted molar refractivity (Wildman–Crippen MR) is 72.6 cm³/mol. The molecule has 0 radical (unpaired) electrons. The van der Waals surface area contributed by atoms with E-state index < -0.39 is 12.1 Å². The Hall–Kier alpha value is -2.14. The van der Waals surface area contributed by atoms with Crippen LogP contribution in [-0.4, -0.2) is 48.7 Å². The lowest BCUT2D eigenvalue weighted by Gasteiger charge is -2.17. The van der Waals surface area contributed by atoms with Crippen molar-refractivity contribution in [3.05, 3.63) is 29.8 Å². The summed E-state index contributed by atoms with van der Waals surface area (Å²) in [5.41, 5.74) is 1.01. The van der Waals surface area contributed by atoms with Gasteiger partial charge in [-0.05, 0) is 18.2 Å². The van der Waals surface area contributed by atoms with Gasteiger partial charge in [-0.1, -0.05) is 6.07 Å². The summed E-state index contributed by atoms with van der Waals surface area (Å²) in [6.07, 6.45) is -1.34. The average Bonchev–Trinajstić information content (AvgIpc) is 3.03. The van der Waals surface area contributed by atoms with Crippen molar-refractivity contribution in [2.75, 3.05) is 18.5 Å². The minimum Gasteiger partial charge on any atom is -0.388 e. The first-order valence-corrected chi connectivity index (χ1v) is 6.66. The van der Waals surface area contributed by atoms with Gasteiger partial charge < -0.3 is 25.2 Å². The molecule has 0 saturated carbocycles. The van der Waals surface area contributed by atoms with Crippen LogP contribution in [0.25, 0.3) is 0 Å². The van der Waals surface area contributed by atoms with E-state index in [0.717, 1.165) is 0 Å². The molecule has 0 bridgehead atoms. The zero-order chi connectivity index (χ0) is 14.8. The number of benzene rings is 1. The number of rotatable bonds is 2. The molecule has 3 N–H and O–H groups in total. The Morgan fingerprint density at radius 2 is 2.14 bits per heavy atom. The van der Waals surface area contributed by atoms with E-state index in [0.29, 0.717) is 17.9 Å². The molecule has 4 atom stereocenters. The van der Waals surface area contributed by atoms with Gasteiger partial charge in [0.05, 0.1) is 30.9 Å². The van der Waals surface area contributed by atoms with Gasteiger partial charge in [-0.3, -0.25) is 0 Å². The summed E-state index contributed by atoms with van der Waals surface area (Å²) in [6.45, 7) is 0.525. The summed E-state index contributed by atoms with van der Waals surface area (Å²) in [5.74, 6) is 0. The second kappa shape index (κ2) is 5.69. The fraction of sp³-hybridized carbons (Fsp3) is 0.429. The summed E-state index contributed by atoms with van der Waals surface area (Å²) >= 11 is 0. The average molecular weight is 289 g/mol. The van der Waals surface area contributed by atoms with Crippen molar-refractivity contribution in [2.24, 2.45) is 0 Å². The fourth-order valence-electron chi connectivity index (χ4n) is 2.60. The fourth-order valence-corrected chi connectivity index (χ4v) is 2.60. The Balaban J connectivity index is 1.58. The molecular formula is C14H15N3O4. The largest absolute Gasteiger partial charge is 0.388 e.